The second-order valence-corrected chi connectivity index (χ2v) is 4.14. The number of hydrogen-bond acceptors (Lipinski definition) is 3. The van der Waals surface area contributed by atoms with Gasteiger partial charge in [-0.05, 0) is 31.2 Å². The third-order valence-corrected chi connectivity index (χ3v) is 3.09. The van der Waals surface area contributed by atoms with Gasteiger partial charge in [-0.1, -0.05) is 6.42 Å². The second kappa shape index (κ2) is 4.42. The maximum Gasteiger partial charge on any atom is 0.342 e. The topological polar surface area (TPSA) is 94.0 Å². The van der Waals surface area contributed by atoms with Gasteiger partial charge in [0, 0.05) is 5.69 Å². The van der Waals surface area contributed by atoms with Gasteiger partial charge in [0.05, 0.1) is 5.56 Å². The van der Waals surface area contributed by atoms with Crippen molar-refractivity contribution in [1.82, 2.24) is 4.98 Å². The monoisotopic (exact) mass is 232 g/mol. The zero-order valence-electron chi connectivity index (χ0n) is 9.25. The van der Waals surface area contributed by atoms with Crippen molar-refractivity contribution in [3.63, 3.8) is 0 Å². The molecule has 88 valence electrons. The molecule has 0 saturated carbocycles. The van der Waals surface area contributed by atoms with E-state index in [0.29, 0.717) is 18.4 Å². The van der Waals surface area contributed by atoms with Crippen molar-refractivity contribution < 1.29 is 9.90 Å². The van der Waals surface area contributed by atoms with E-state index in [0.717, 1.165) is 25.0 Å². The van der Waals surface area contributed by atoms with Crippen LogP contribution in [-0.2, 0) is 12.8 Å². The number of aromatic nitrogens is 1. The summed E-state index contributed by atoms with van der Waals surface area (Å²) < 4.78 is 0. The van der Waals surface area contributed by atoms with Gasteiger partial charge >= 0.3 is 5.97 Å². The molecule has 0 spiro atoms. The van der Waals surface area contributed by atoms with Gasteiger partial charge in [0.15, 0.2) is 0 Å². The van der Waals surface area contributed by atoms with E-state index in [9.17, 15) is 9.59 Å². The summed E-state index contributed by atoms with van der Waals surface area (Å²) in [7, 11) is 0. The minimum Gasteiger partial charge on any atom is -0.477 e. The van der Waals surface area contributed by atoms with E-state index in [4.69, 9.17) is 10.4 Å². The number of hydrogen-bond donors (Lipinski definition) is 2. The first-order chi connectivity index (χ1) is 8.15. The van der Waals surface area contributed by atoms with E-state index in [1.54, 1.807) is 0 Å². The first kappa shape index (κ1) is 11.4. The SMILES string of the molecule is N#Cc1c2c([nH]c(=O)c1C(=O)O)CCCCC2. The van der Waals surface area contributed by atoms with Gasteiger partial charge < -0.3 is 10.1 Å². The summed E-state index contributed by atoms with van der Waals surface area (Å²) in [5, 5.41) is 18.1. The minimum atomic E-state index is -1.34. The van der Waals surface area contributed by atoms with Crippen molar-refractivity contribution in [2.45, 2.75) is 32.1 Å². The van der Waals surface area contributed by atoms with E-state index >= 15 is 0 Å². The van der Waals surface area contributed by atoms with Gasteiger partial charge in [0.25, 0.3) is 5.56 Å². The van der Waals surface area contributed by atoms with Crippen molar-refractivity contribution in [1.29, 1.82) is 5.26 Å². The maximum atomic E-state index is 11.6. The van der Waals surface area contributed by atoms with Gasteiger partial charge in [0.1, 0.15) is 11.6 Å². The number of nitrogens with one attached hydrogen (secondary N) is 1. The van der Waals surface area contributed by atoms with Crippen molar-refractivity contribution in [3.8, 4) is 6.07 Å². The number of rotatable bonds is 1. The minimum absolute atomic E-state index is 0.0400. The van der Waals surface area contributed by atoms with E-state index in [1.165, 1.54) is 0 Å². The Morgan fingerprint density at radius 1 is 1.29 bits per heavy atom. The summed E-state index contributed by atoms with van der Waals surface area (Å²) in [6, 6.07) is 1.87. The van der Waals surface area contributed by atoms with E-state index in [1.807, 2.05) is 6.07 Å². The smallest absolute Gasteiger partial charge is 0.342 e. The first-order valence-corrected chi connectivity index (χ1v) is 5.56. The summed E-state index contributed by atoms with van der Waals surface area (Å²) in [6.07, 6.45) is 4.28. The van der Waals surface area contributed by atoms with Crippen LogP contribution in [0, 0.1) is 11.3 Å². The number of nitriles is 1. The molecule has 0 bridgehead atoms. The number of pyridine rings is 1. The molecule has 5 heteroatoms. The maximum absolute atomic E-state index is 11.6. The van der Waals surface area contributed by atoms with Crippen molar-refractivity contribution in [3.05, 3.63) is 32.7 Å². The van der Waals surface area contributed by atoms with Crippen LogP contribution in [0.3, 0.4) is 0 Å². The van der Waals surface area contributed by atoms with Crippen LogP contribution >= 0.6 is 0 Å². The standard InChI is InChI=1S/C12H12N2O3/c13-6-8-7-4-2-1-3-5-9(7)14-11(15)10(8)12(16)17/h1-5H2,(H,14,15)(H,16,17). The molecule has 0 radical (unpaired) electrons. The molecule has 0 saturated heterocycles. The van der Waals surface area contributed by atoms with Crippen LogP contribution < -0.4 is 5.56 Å². The highest BCUT2D eigenvalue weighted by Crippen LogP contribution is 2.22. The van der Waals surface area contributed by atoms with Crippen LogP contribution in [0.1, 0.15) is 46.4 Å². The predicted octanol–water partition coefficient (Wildman–Crippen LogP) is 1.21. The number of H-pyrrole nitrogens is 1. The summed E-state index contributed by atoms with van der Waals surface area (Å²) in [6.45, 7) is 0. The van der Waals surface area contributed by atoms with Gasteiger partial charge in [-0.25, -0.2) is 4.79 Å². The fourth-order valence-corrected chi connectivity index (χ4v) is 2.29. The van der Waals surface area contributed by atoms with Gasteiger partial charge in [-0.2, -0.15) is 5.26 Å². The average molecular weight is 232 g/mol. The molecule has 5 nitrogen and oxygen atoms in total. The van der Waals surface area contributed by atoms with Gasteiger partial charge in [-0.15, -0.1) is 0 Å². The molecule has 1 aliphatic carbocycles. The highest BCUT2D eigenvalue weighted by molar-refractivity contribution is 5.90. The highest BCUT2D eigenvalue weighted by atomic mass is 16.4. The van der Waals surface area contributed by atoms with E-state index in [-0.39, 0.29) is 5.56 Å². The Bertz CT molecular complexity index is 566. The Morgan fingerprint density at radius 3 is 2.65 bits per heavy atom. The predicted molar refractivity (Wildman–Crippen MR) is 60.0 cm³/mol. The molecule has 1 aliphatic rings. The lowest BCUT2D eigenvalue weighted by molar-refractivity contribution is 0.0694. The molecule has 0 atom stereocenters. The summed E-state index contributed by atoms with van der Waals surface area (Å²) in [5.74, 6) is -1.34. The quantitative estimate of drug-likeness (QED) is 0.711. The van der Waals surface area contributed by atoms with Gasteiger partial charge in [-0.3, -0.25) is 4.79 Å². The van der Waals surface area contributed by atoms with Crippen LogP contribution in [0.2, 0.25) is 0 Å². The number of carbonyl (C=O) groups is 1. The normalized spacial score (nSPS) is 14.5. The molecule has 0 unspecified atom stereocenters. The lowest BCUT2D eigenvalue weighted by Gasteiger charge is -2.09. The van der Waals surface area contributed by atoms with Crippen LogP contribution in [0.15, 0.2) is 4.79 Å². The molecular formula is C12H12N2O3. The largest absolute Gasteiger partial charge is 0.477 e. The third kappa shape index (κ3) is 1.94. The Kier molecular flexibility index (Phi) is 2.96. The third-order valence-electron chi connectivity index (χ3n) is 3.09. The first-order valence-electron chi connectivity index (χ1n) is 5.56. The number of fused-ring (bicyclic) bond motifs is 1. The number of nitrogens with zero attached hydrogens (tertiary/aromatic N) is 1. The summed E-state index contributed by atoms with van der Waals surface area (Å²) >= 11 is 0. The fourth-order valence-electron chi connectivity index (χ4n) is 2.29. The lowest BCUT2D eigenvalue weighted by atomic mass is 9.98. The Labute approximate surface area is 97.7 Å². The molecule has 1 aromatic rings. The molecule has 17 heavy (non-hydrogen) atoms. The van der Waals surface area contributed by atoms with Crippen LogP contribution in [0.4, 0.5) is 0 Å². The van der Waals surface area contributed by atoms with Crippen LogP contribution in [0.25, 0.3) is 0 Å². The zero-order valence-corrected chi connectivity index (χ0v) is 9.25. The Morgan fingerprint density at radius 2 is 2.00 bits per heavy atom. The number of carboxylic acid groups (broad SMARTS) is 1. The van der Waals surface area contributed by atoms with Crippen molar-refractivity contribution in [2.24, 2.45) is 0 Å². The highest BCUT2D eigenvalue weighted by Gasteiger charge is 2.22. The van der Waals surface area contributed by atoms with Crippen molar-refractivity contribution >= 4 is 5.97 Å². The molecule has 0 aromatic carbocycles. The molecule has 0 fully saturated rings. The molecule has 1 aromatic heterocycles. The average Bonchev–Trinajstić information content (AvgIpc) is 2.51. The van der Waals surface area contributed by atoms with E-state index in [2.05, 4.69) is 4.98 Å². The molecule has 0 aliphatic heterocycles. The molecular weight excluding hydrogens is 220 g/mol. The Hall–Kier alpha value is -2.09. The molecule has 1 heterocycles. The summed E-state index contributed by atoms with van der Waals surface area (Å²) in [5.41, 5.74) is 0.386. The molecule has 2 N–H and O–H groups in total. The number of carboxylic acids is 1. The second-order valence-electron chi connectivity index (χ2n) is 4.14. The number of aromatic carboxylic acids is 1. The lowest BCUT2D eigenvalue weighted by Crippen LogP contribution is -2.23. The van der Waals surface area contributed by atoms with Crippen LogP contribution in [0.5, 0.6) is 0 Å². The van der Waals surface area contributed by atoms with Crippen LogP contribution in [-0.4, -0.2) is 16.1 Å². The number of aryl methyl sites for hydroxylation is 1. The van der Waals surface area contributed by atoms with Gasteiger partial charge in [0.2, 0.25) is 0 Å². The summed E-state index contributed by atoms with van der Waals surface area (Å²) in [4.78, 5) is 25.2. The van der Waals surface area contributed by atoms with Crippen molar-refractivity contribution in [2.75, 3.05) is 0 Å². The Balaban J connectivity index is 2.74. The molecule has 2 rings (SSSR count). The molecule has 0 amide bonds. The fraction of sp³-hybridized carbons (Fsp3) is 0.417. The zero-order chi connectivity index (χ0) is 12.4. The van der Waals surface area contributed by atoms with E-state index < -0.39 is 17.1 Å². The number of aromatic amines is 1.